The Labute approximate surface area is 114 Å². The van der Waals surface area contributed by atoms with E-state index in [0.717, 1.165) is 17.7 Å². The molecule has 1 unspecified atom stereocenters. The van der Waals surface area contributed by atoms with Crippen molar-refractivity contribution in [1.82, 2.24) is 0 Å². The number of aryl methyl sites for hydroxylation is 2. The SMILES string of the molecule is Cc1cc(C)c(C)c(OCC(CBr)C(C)C)c1. The Morgan fingerprint density at radius 1 is 1.18 bits per heavy atom. The molecule has 0 amide bonds. The van der Waals surface area contributed by atoms with Gasteiger partial charge in [-0.05, 0) is 49.4 Å². The summed E-state index contributed by atoms with van der Waals surface area (Å²) in [7, 11) is 0. The van der Waals surface area contributed by atoms with Crippen molar-refractivity contribution < 1.29 is 4.74 Å². The molecule has 0 heterocycles. The third kappa shape index (κ3) is 4.02. The molecule has 0 fully saturated rings. The van der Waals surface area contributed by atoms with Crippen molar-refractivity contribution in [3.8, 4) is 5.75 Å². The van der Waals surface area contributed by atoms with Crippen molar-refractivity contribution in [3.05, 3.63) is 28.8 Å². The maximum Gasteiger partial charge on any atom is 0.122 e. The first-order chi connectivity index (χ1) is 7.95. The lowest BCUT2D eigenvalue weighted by Gasteiger charge is -2.20. The van der Waals surface area contributed by atoms with Crippen LogP contribution in [0.15, 0.2) is 12.1 Å². The average Bonchev–Trinajstić information content (AvgIpc) is 2.25. The predicted molar refractivity (Wildman–Crippen MR) is 78.3 cm³/mol. The van der Waals surface area contributed by atoms with Crippen LogP contribution in [0.4, 0.5) is 0 Å². The lowest BCUT2D eigenvalue weighted by Crippen LogP contribution is -2.19. The van der Waals surface area contributed by atoms with Crippen LogP contribution in [0.5, 0.6) is 5.75 Å². The molecule has 0 aliphatic heterocycles. The fraction of sp³-hybridized carbons (Fsp3) is 0.600. The molecule has 0 saturated carbocycles. The molecular weight excluding hydrogens is 276 g/mol. The molecule has 17 heavy (non-hydrogen) atoms. The van der Waals surface area contributed by atoms with Crippen LogP contribution in [-0.2, 0) is 0 Å². The standard InChI is InChI=1S/C15H23BrO/c1-10(2)14(8-16)9-17-15-7-11(3)6-12(4)13(15)5/h6-7,10,14H,8-9H2,1-5H3. The fourth-order valence-electron chi connectivity index (χ4n) is 1.76. The van der Waals surface area contributed by atoms with Gasteiger partial charge in [-0.15, -0.1) is 0 Å². The summed E-state index contributed by atoms with van der Waals surface area (Å²) in [6.45, 7) is 11.6. The minimum Gasteiger partial charge on any atom is -0.493 e. The van der Waals surface area contributed by atoms with E-state index in [4.69, 9.17) is 4.74 Å². The number of ether oxygens (including phenoxy) is 1. The zero-order valence-corrected chi connectivity index (χ0v) is 13.1. The third-order valence-electron chi connectivity index (χ3n) is 3.36. The second kappa shape index (κ2) is 6.44. The Bertz CT molecular complexity index is 371. The van der Waals surface area contributed by atoms with Crippen molar-refractivity contribution >= 4 is 15.9 Å². The van der Waals surface area contributed by atoms with Gasteiger partial charge in [0.05, 0.1) is 6.61 Å². The highest BCUT2D eigenvalue weighted by Crippen LogP contribution is 2.25. The van der Waals surface area contributed by atoms with Crippen molar-refractivity contribution in [1.29, 1.82) is 0 Å². The van der Waals surface area contributed by atoms with E-state index in [1.807, 2.05) is 0 Å². The van der Waals surface area contributed by atoms with Crippen molar-refractivity contribution in [2.45, 2.75) is 34.6 Å². The lowest BCUT2D eigenvalue weighted by atomic mass is 9.99. The minimum absolute atomic E-state index is 0.565. The monoisotopic (exact) mass is 298 g/mol. The summed E-state index contributed by atoms with van der Waals surface area (Å²) in [5.41, 5.74) is 3.83. The van der Waals surface area contributed by atoms with E-state index in [1.165, 1.54) is 16.7 Å². The van der Waals surface area contributed by atoms with Crippen LogP contribution < -0.4 is 4.74 Å². The molecule has 96 valence electrons. The zero-order chi connectivity index (χ0) is 13.0. The van der Waals surface area contributed by atoms with Gasteiger partial charge in [0.15, 0.2) is 0 Å². The Morgan fingerprint density at radius 2 is 1.82 bits per heavy atom. The van der Waals surface area contributed by atoms with Gasteiger partial charge in [0.1, 0.15) is 5.75 Å². The molecule has 0 bridgehead atoms. The van der Waals surface area contributed by atoms with Gasteiger partial charge in [0.25, 0.3) is 0 Å². The normalized spacial score (nSPS) is 12.9. The minimum atomic E-state index is 0.565. The highest BCUT2D eigenvalue weighted by atomic mass is 79.9. The highest BCUT2D eigenvalue weighted by molar-refractivity contribution is 9.09. The second-order valence-corrected chi connectivity index (χ2v) is 5.82. The van der Waals surface area contributed by atoms with Gasteiger partial charge in [0, 0.05) is 11.2 Å². The summed E-state index contributed by atoms with van der Waals surface area (Å²) < 4.78 is 5.98. The van der Waals surface area contributed by atoms with Crippen LogP contribution in [0, 0.1) is 32.6 Å². The fourth-order valence-corrected chi connectivity index (χ4v) is 2.70. The van der Waals surface area contributed by atoms with E-state index in [-0.39, 0.29) is 0 Å². The van der Waals surface area contributed by atoms with Gasteiger partial charge in [-0.25, -0.2) is 0 Å². The largest absolute Gasteiger partial charge is 0.493 e. The molecular formula is C15H23BrO. The summed E-state index contributed by atoms with van der Waals surface area (Å²) in [4.78, 5) is 0. The van der Waals surface area contributed by atoms with Crippen molar-refractivity contribution in [2.24, 2.45) is 11.8 Å². The molecule has 1 rings (SSSR count). The third-order valence-corrected chi connectivity index (χ3v) is 4.19. The van der Waals surface area contributed by atoms with E-state index in [2.05, 4.69) is 62.7 Å². The zero-order valence-electron chi connectivity index (χ0n) is 11.5. The Balaban J connectivity index is 2.75. The summed E-state index contributed by atoms with van der Waals surface area (Å²) in [5.74, 6) is 2.24. The number of hydrogen-bond acceptors (Lipinski definition) is 1. The quantitative estimate of drug-likeness (QED) is 0.719. The first-order valence-corrected chi connectivity index (χ1v) is 7.34. The summed E-state index contributed by atoms with van der Waals surface area (Å²) in [5, 5.41) is 0.995. The Hall–Kier alpha value is -0.500. The van der Waals surface area contributed by atoms with Gasteiger partial charge >= 0.3 is 0 Å². The smallest absolute Gasteiger partial charge is 0.122 e. The van der Waals surface area contributed by atoms with E-state index in [1.54, 1.807) is 0 Å². The predicted octanol–water partition coefficient (Wildman–Crippen LogP) is 4.66. The van der Waals surface area contributed by atoms with Crippen molar-refractivity contribution in [2.75, 3.05) is 11.9 Å². The first-order valence-electron chi connectivity index (χ1n) is 6.22. The molecule has 0 aromatic heterocycles. The molecule has 0 spiro atoms. The van der Waals surface area contributed by atoms with E-state index in [0.29, 0.717) is 11.8 Å². The summed E-state index contributed by atoms with van der Waals surface area (Å²) in [6.07, 6.45) is 0. The van der Waals surface area contributed by atoms with E-state index >= 15 is 0 Å². The van der Waals surface area contributed by atoms with Crippen LogP contribution in [0.25, 0.3) is 0 Å². The molecule has 0 aliphatic rings. The van der Waals surface area contributed by atoms with Crippen LogP contribution >= 0.6 is 15.9 Å². The molecule has 1 aromatic carbocycles. The topological polar surface area (TPSA) is 9.23 Å². The van der Waals surface area contributed by atoms with E-state index < -0.39 is 0 Å². The van der Waals surface area contributed by atoms with Crippen LogP contribution in [0.3, 0.4) is 0 Å². The second-order valence-electron chi connectivity index (χ2n) is 5.17. The van der Waals surface area contributed by atoms with Gasteiger partial charge < -0.3 is 4.74 Å². The summed E-state index contributed by atoms with van der Waals surface area (Å²) in [6, 6.07) is 4.33. The number of rotatable bonds is 5. The van der Waals surface area contributed by atoms with Crippen LogP contribution in [-0.4, -0.2) is 11.9 Å². The maximum atomic E-state index is 5.98. The molecule has 1 atom stereocenters. The number of halogens is 1. The number of hydrogen-bond donors (Lipinski definition) is 0. The van der Waals surface area contributed by atoms with Gasteiger partial charge in [-0.2, -0.15) is 0 Å². The first kappa shape index (κ1) is 14.6. The summed E-state index contributed by atoms with van der Waals surface area (Å²) >= 11 is 3.56. The average molecular weight is 299 g/mol. The molecule has 1 nitrogen and oxygen atoms in total. The van der Waals surface area contributed by atoms with Gasteiger partial charge in [-0.1, -0.05) is 35.8 Å². The number of alkyl halides is 1. The lowest BCUT2D eigenvalue weighted by molar-refractivity contribution is 0.226. The van der Waals surface area contributed by atoms with Crippen LogP contribution in [0.2, 0.25) is 0 Å². The van der Waals surface area contributed by atoms with Gasteiger partial charge in [-0.3, -0.25) is 0 Å². The molecule has 0 aliphatic carbocycles. The molecule has 1 aromatic rings. The molecule has 2 heteroatoms. The number of benzene rings is 1. The maximum absolute atomic E-state index is 5.98. The Kier molecular flexibility index (Phi) is 5.51. The van der Waals surface area contributed by atoms with Gasteiger partial charge in [0.2, 0.25) is 0 Å². The van der Waals surface area contributed by atoms with E-state index in [9.17, 15) is 0 Å². The van der Waals surface area contributed by atoms with Crippen LogP contribution in [0.1, 0.15) is 30.5 Å². The van der Waals surface area contributed by atoms with Crippen molar-refractivity contribution in [3.63, 3.8) is 0 Å². The molecule has 0 N–H and O–H groups in total. The highest BCUT2D eigenvalue weighted by Gasteiger charge is 2.13. The Morgan fingerprint density at radius 3 is 2.35 bits per heavy atom. The molecule has 0 saturated heterocycles. The molecule has 0 radical (unpaired) electrons.